The molecule has 0 aromatic carbocycles. The van der Waals surface area contributed by atoms with Crippen LogP contribution in [0, 0.1) is 0 Å². The maximum absolute atomic E-state index is 4.52. The summed E-state index contributed by atoms with van der Waals surface area (Å²) in [7, 11) is 0. The molecule has 0 radical (unpaired) electrons. The summed E-state index contributed by atoms with van der Waals surface area (Å²) in [5.74, 6) is 0. The first-order valence-electron chi connectivity index (χ1n) is 5.64. The van der Waals surface area contributed by atoms with Crippen LogP contribution in [0.15, 0.2) is 23.8 Å². The number of imidazole rings is 1. The quantitative estimate of drug-likeness (QED) is 0.862. The summed E-state index contributed by atoms with van der Waals surface area (Å²) in [5, 5.41) is 5.56. The lowest BCUT2D eigenvalue weighted by Crippen LogP contribution is -2.28. The number of thiophene rings is 1. The molecule has 0 spiro atoms. The van der Waals surface area contributed by atoms with Gasteiger partial charge in [-0.2, -0.15) is 0 Å². The van der Waals surface area contributed by atoms with E-state index in [1.165, 1.54) is 16.3 Å². The number of hydrogen-bond acceptors (Lipinski definition) is 3. The lowest BCUT2D eigenvalue weighted by Gasteiger charge is -2.20. The number of rotatable bonds is 2. The van der Waals surface area contributed by atoms with E-state index in [0.29, 0.717) is 6.04 Å². The average Bonchev–Trinajstić information content (AvgIpc) is 2.90. The van der Waals surface area contributed by atoms with E-state index in [9.17, 15) is 0 Å². The van der Waals surface area contributed by atoms with Crippen molar-refractivity contribution in [1.82, 2.24) is 14.9 Å². The maximum atomic E-state index is 4.52. The van der Waals surface area contributed by atoms with E-state index in [2.05, 4.69) is 39.3 Å². The highest BCUT2D eigenvalue weighted by Crippen LogP contribution is 2.22. The number of nitrogens with zero attached hydrogens (tertiary/aromatic N) is 2. The van der Waals surface area contributed by atoms with Gasteiger partial charge in [0.25, 0.3) is 0 Å². The summed E-state index contributed by atoms with van der Waals surface area (Å²) in [5.41, 5.74) is 2.63. The van der Waals surface area contributed by atoms with E-state index in [1.807, 2.05) is 17.7 Å². The first-order valence-corrected chi connectivity index (χ1v) is 6.52. The Hall–Kier alpha value is -1.13. The normalized spacial score (nSPS) is 19.7. The van der Waals surface area contributed by atoms with Crippen LogP contribution in [0.4, 0.5) is 0 Å². The molecule has 0 saturated heterocycles. The van der Waals surface area contributed by atoms with Gasteiger partial charge in [0.05, 0.1) is 18.6 Å². The lowest BCUT2D eigenvalue weighted by molar-refractivity contribution is 0.517. The van der Waals surface area contributed by atoms with Gasteiger partial charge >= 0.3 is 0 Å². The monoisotopic (exact) mass is 233 g/mol. The smallest absolute Gasteiger partial charge is 0.0955 e. The molecule has 16 heavy (non-hydrogen) atoms. The molecule has 0 fully saturated rings. The SMILES string of the molecule is CC1NCCc2c1ncn2Cc1cccs1. The van der Waals surface area contributed by atoms with Crippen molar-refractivity contribution in [3.05, 3.63) is 40.1 Å². The zero-order chi connectivity index (χ0) is 11.0. The standard InChI is InChI=1S/C12H15N3S/c1-9-12-11(4-5-13-9)15(8-14-12)7-10-3-2-6-16-10/h2-3,6,8-9,13H,4-5,7H2,1H3. The third-order valence-electron chi connectivity index (χ3n) is 3.11. The Labute approximate surface area is 99.1 Å². The van der Waals surface area contributed by atoms with Crippen molar-refractivity contribution < 1.29 is 0 Å². The predicted octanol–water partition coefficient (Wildman–Crippen LogP) is 2.20. The second-order valence-corrected chi connectivity index (χ2v) is 5.24. The lowest BCUT2D eigenvalue weighted by atomic mass is 10.1. The summed E-state index contributed by atoms with van der Waals surface area (Å²) >= 11 is 1.81. The second-order valence-electron chi connectivity index (χ2n) is 4.21. The molecule has 1 N–H and O–H groups in total. The zero-order valence-electron chi connectivity index (χ0n) is 9.31. The van der Waals surface area contributed by atoms with Crippen LogP contribution < -0.4 is 5.32 Å². The molecule has 1 aliphatic rings. The molecule has 3 nitrogen and oxygen atoms in total. The van der Waals surface area contributed by atoms with Gasteiger partial charge in [-0.1, -0.05) is 6.07 Å². The molecule has 0 saturated carbocycles. The topological polar surface area (TPSA) is 29.9 Å². The first-order chi connectivity index (χ1) is 7.84. The highest BCUT2D eigenvalue weighted by Gasteiger charge is 2.20. The van der Waals surface area contributed by atoms with Gasteiger partial charge in [0.1, 0.15) is 0 Å². The first kappa shape index (κ1) is 10.1. The Kier molecular flexibility index (Phi) is 2.53. The number of hydrogen-bond donors (Lipinski definition) is 1. The molecule has 0 amide bonds. The summed E-state index contributed by atoms with van der Waals surface area (Å²) in [6.45, 7) is 4.21. The molecular formula is C12H15N3S. The minimum Gasteiger partial charge on any atom is -0.329 e. The number of fused-ring (bicyclic) bond motifs is 1. The Bertz CT molecular complexity index is 472. The number of aromatic nitrogens is 2. The molecule has 0 bridgehead atoms. The van der Waals surface area contributed by atoms with Crippen LogP contribution >= 0.6 is 11.3 Å². The molecule has 4 heteroatoms. The van der Waals surface area contributed by atoms with Gasteiger partial charge < -0.3 is 9.88 Å². The fourth-order valence-electron chi connectivity index (χ4n) is 2.27. The van der Waals surface area contributed by atoms with Crippen molar-refractivity contribution in [3.8, 4) is 0 Å². The molecule has 1 aliphatic heterocycles. The zero-order valence-corrected chi connectivity index (χ0v) is 10.1. The fourth-order valence-corrected chi connectivity index (χ4v) is 2.97. The molecule has 1 unspecified atom stereocenters. The predicted molar refractivity (Wildman–Crippen MR) is 65.8 cm³/mol. The molecule has 3 rings (SSSR count). The third-order valence-corrected chi connectivity index (χ3v) is 3.97. The molecular weight excluding hydrogens is 218 g/mol. The van der Waals surface area contributed by atoms with Crippen LogP contribution in [0.2, 0.25) is 0 Å². The molecule has 2 aromatic rings. The fraction of sp³-hybridized carbons (Fsp3) is 0.417. The highest BCUT2D eigenvalue weighted by molar-refractivity contribution is 7.09. The third kappa shape index (κ3) is 1.68. The molecule has 0 aliphatic carbocycles. The van der Waals surface area contributed by atoms with E-state index in [0.717, 1.165) is 19.5 Å². The average molecular weight is 233 g/mol. The summed E-state index contributed by atoms with van der Waals surface area (Å²) in [6.07, 6.45) is 3.07. The van der Waals surface area contributed by atoms with Gasteiger partial charge in [-0.25, -0.2) is 4.98 Å². The van der Waals surface area contributed by atoms with Crippen LogP contribution in [-0.4, -0.2) is 16.1 Å². The van der Waals surface area contributed by atoms with Crippen LogP contribution in [-0.2, 0) is 13.0 Å². The van der Waals surface area contributed by atoms with Gasteiger partial charge in [-0.3, -0.25) is 0 Å². The molecule has 3 heterocycles. The van der Waals surface area contributed by atoms with E-state index in [4.69, 9.17) is 0 Å². The Morgan fingerprint density at radius 1 is 1.62 bits per heavy atom. The van der Waals surface area contributed by atoms with Crippen molar-refractivity contribution >= 4 is 11.3 Å². The van der Waals surface area contributed by atoms with Crippen molar-refractivity contribution in [2.75, 3.05) is 6.54 Å². The van der Waals surface area contributed by atoms with Crippen molar-refractivity contribution in [2.24, 2.45) is 0 Å². The van der Waals surface area contributed by atoms with Crippen molar-refractivity contribution in [2.45, 2.75) is 25.9 Å². The highest BCUT2D eigenvalue weighted by atomic mass is 32.1. The van der Waals surface area contributed by atoms with Gasteiger partial charge in [-0.05, 0) is 18.4 Å². The Morgan fingerprint density at radius 2 is 2.56 bits per heavy atom. The van der Waals surface area contributed by atoms with E-state index >= 15 is 0 Å². The van der Waals surface area contributed by atoms with Gasteiger partial charge in [-0.15, -0.1) is 11.3 Å². The minimum atomic E-state index is 0.397. The molecule has 84 valence electrons. The summed E-state index contributed by atoms with van der Waals surface area (Å²) in [4.78, 5) is 5.92. The summed E-state index contributed by atoms with van der Waals surface area (Å²) < 4.78 is 2.29. The second kappa shape index (κ2) is 4.03. The number of nitrogens with one attached hydrogen (secondary N) is 1. The maximum Gasteiger partial charge on any atom is 0.0955 e. The minimum absolute atomic E-state index is 0.397. The van der Waals surface area contributed by atoms with Gasteiger partial charge in [0, 0.05) is 29.6 Å². The Balaban J connectivity index is 1.91. The van der Waals surface area contributed by atoms with Crippen molar-refractivity contribution in [1.29, 1.82) is 0 Å². The van der Waals surface area contributed by atoms with E-state index < -0.39 is 0 Å². The molecule has 1 atom stereocenters. The largest absolute Gasteiger partial charge is 0.329 e. The summed E-state index contributed by atoms with van der Waals surface area (Å²) in [6, 6.07) is 4.68. The van der Waals surface area contributed by atoms with E-state index in [-0.39, 0.29) is 0 Å². The Morgan fingerprint density at radius 3 is 3.38 bits per heavy atom. The molecule has 2 aromatic heterocycles. The van der Waals surface area contributed by atoms with Gasteiger partial charge in [0.2, 0.25) is 0 Å². The van der Waals surface area contributed by atoms with Crippen LogP contribution in [0.5, 0.6) is 0 Å². The van der Waals surface area contributed by atoms with Crippen LogP contribution in [0.1, 0.15) is 29.2 Å². The van der Waals surface area contributed by atoms with Crippen LogP contribution in [0.3, 0.4) is 0 Å². The van der Waals surface area contributed by atoms with Crippen LogP contribution in [0.25, 0.3) is 0 Å². The van der Waals surface area contributed by atoms with Gasteiger partial charge in [0.15, 0.2) is 0 Å². The van der Waals surface area contributed by atoms with Crippen molar-refractivity contribution in [3.63, 3.8) is 0 Å². The van der Waals surface area contributed by atoms with E-state index in [1.54, 1.807) is 0 Å².